The summed E-state index contributed by atoms with van der Waals surface area (Å²) in [5, 5.41) is 3.10. The molecular formula is C22H31N3O3. The summed E-state index contributed by atoms with van der Waals surface area (Å²) >= 11 is 0. The van der Waals surface area contributed by atoms with Gasteiger partial charge in [0.05, 0.1) is 23.4 Å². The van der Waals surface area contributed by atoms with E-state index in [0.29, 0.717) is 23.3 Å². The molecule has 0 bridgehead atoms. The van der Waals surface area contributed by atoms with E-state index in [4.69, 9.17) is 4.74 Å². The molecule has 3 aliphatic rings. The molecule has 6 nitrogen and oxygen atoms in total. The number of likely N-dealkylation sites (tertiary alicyclic amines) is 1. The van der Waals surface area contributed by atoms with Gasteiger partial charge in [-0.1, -0.05) is 0 Å². The second-order valence-electron chi connectivity index (χ2n) is 8.91. The van der Waals surface area contributed by atoms with Crippen LogP contribution in [0.2, 0.25) is 0 Å². The van der Waals surface area contributed by atoms with Gasteiger partial charge in [0.15, 0.2) is 0 Å². The Morgan fingerprint density at radius 3 is 2.54 bits per heavy atom. The fraction of sp³-hybridized carbons (Fsp3) is 0.682. The Labute approximate surface area is 167 Å². The van der Waals surface area contributed by atoms with Crippen LogP contribution in [0.4, 0.5) is 0 Å². The lowest BCUT2D eigenvalue weighted by molar-refractivity contribution is -0.122. The monoisotopic (exact) mass is 385 g/mol. The number of fused-ring (bicyclic) bond motifs is 1. The second-order valence-corrected chi connectivity index (χ2v) is 8.91. The molecule has 0 unspecified atom stereocenters. The molecule has 1 N–H and O–H groups in total. The van der Waals surface area contributed by atoms with Crippen molar-refractivity contribution in [2.75, 3.05) is 19.7 Å². The van der Waals surface area contributed by atoms with Crippen LogP contribution >= 0.6 is 0 Å². The number of hydrogen-bond acceptors (Lipinski definition) is 4. The molecule has 4 rings (SSSR count). The molecule has 0 aromatic carbocycles. The summed E-state index contributed by atoms with van der Waals surface area (Å²) < 4.78 is 6.21. The average Bonchev–Trinajstić information content (AvgIpc) is 3.37. The minimum Gasteiger partial charge on any atom is -0.376 e. The Bertz CT molecular complexity index is 761. The van der Waals surface area contributed by atoms with Crippen molar-refractivity contribution in [3.05, 3.63) is 29.1 Å². The lowest BCUT2D eigenvalue weighted by atomic mass is 9.77. The van der Waals surface area contributed by atoms with Crippen molar-refractivity contribution < 1.29 is 14.3 Å². The van der Waals surface area contributed by atoms with E-state index in [0.717, 1.165) is 43.9 Å². The van der Waals surface area contributed by atoms with Gasteiger partial charge in [-0.15, -0.1) is 0 Å². The minimum atomic E-state index is -0.00393. The Balaban J connectivity index is 1.44. The van der Waals surface area contributed by atoms with Crippen molar-refractivity contribution >= 4 is 11.8 Å². The quantitative estimate of drug-likeness (QED) is 0.845. The number of aromatic nitrogens is 1. The van der Waals surface area contributed by atoms with E-state index in [2.05, 4.69) is 10.3 Å². The molecule has 6 heteroatoms. The SMILES string of the molecule is CC(=O)N[C@@H]1C[C@@H]2CN(C(=O)c3ccc(C)nc3C)C[C@@H]2C[C@H]1OCC1CC1. The molecule has 2 saturated carbocycles. The molecule has 1 saturated heterocycles. The molecule has 28 heavy (non-hydrogen) atoms. The lowest BCUT2D eigenvalue weighted by Crippen LogP contribution is -2.50. The van der Waals surface area contributed by atoms with Gasteiger partial charge in [0, 0.05) is 32.3 Å². The molecule has 1 aromatic heterocycles. The Morgan fingerprint density at radius 1 is 1.18 bits per heavy atom. The van der Waals surface area contributed by atoms with Crippen molar-refractivity contribution in [2.24, 2.45) is 17.8 Å². The largest absolute Gasteiger partial charge is 0.376 e. The molecule has 152 valence electrons. The topological polar surface area (TPSA) is 71.5 Å². The zero-order valence-electron chi connectivity index (χ0n) is 17.1. The number of hydrogen-bond donors (Lipinski definition) is 1. The van der Waals surface area contributed by atoms with Gasteiger partial charge in [-0.3, -0.25) is 14.6 Å². The third-order valence-electron chi connectivity index (χ3n) is 6.49. The van der Waals surface area contributed by atoms with E-state index in [1.807, 2.05) is 30.9 Å². The van der Waals surface area contributed by atoms with Crippen LogP contribution in [0, 0.1) is 31.6 Å². The van der Waals surface area contributed by atoms with Crippen LogP contribution < -0.4 is 5.32 Å². The first-order valence-corrected chi connectivity index (χ1v) is 10.5. The van der Waals surface area contributed by atoms with Crippen molar-refractivity contribution in [3.8, 4) is 0 Å². The van der Waals surface area contributed by atoms with E-state index in [9.17, 15) is 9.59 Å². The van der Waals surface area contributed by atoms with E-state index in [1.165, 1.54) is 12.8 Å². The number of ether oxygens (including phenoxy) is 1. The van der Waals surface area contributed by atoms with Crippen molar-refractivity contribution in [1.82, 2.24) is 15.2 Å². The molecule has 3 fully saturated rings. The molecule has 2 heterocycles. The van der Waals surface area contributed by atoms with Gasteiger partial charge in [-0.2, -0.15) is 0 Å². The third kappa shape index (κ3) is 4.22. The number of carbonyl (C=O) groups is 2. The van der Waals surface area contributed by atoms with Crippen molar-refractivity contribution in [1.29, 1.82) is 0 Å². The molecular weight excluding hydrogens is 354 g/mol. The smallest absolute Gasteiger partial charge is 0.255 e. The molecule has 0 radical (unpaired) electrons. The van der Waals surface area contributed by atoms with Gasteiger partial charge >= 0.3 is 0 Å². The number of pyridine rings is 1. The summed E-state index contributed by atoms with van der Waals surface area (Å²) in [5.74, 6) is 1.63. The summed E-state index contributed by atoms with van der Waals surface area (Å²) in [7, 11) is 0. The first-order chi connectivity index (χ1) is 13.4. The van der Waals surface area contributed by atoms with E-state index >= 15 is 0 Å². The second kappa shape index (κ2) is 7.82. The standard InChI is InChI=1S/C22H31N3O3/c1-13-4-7-19(14(2)23-13)22(27)25-10-17-8-20(24-15(3)26)21(9-18(17)11-25)28-12-16-5-6-16/h4,7,16-18,20-21H,5-6,8-12H2,1-3H3,(H,24,26)/t17-,18+,20-,21-/m1/s1. The lowest BCUT2D eigenvalue weighted by Gasteiger charge is -2.38. The van der Waals surface area contributed by atoms with Gasteiger partial charge < -0.3 is 15.0 Å². The van der Waals surface area contributed by atoms with Crippen LogP contribution in [0.3, 0.4) is 0 Å². The highest BCUT2D eigenvalue weighted by Crippen LogP contribution is 2.39. The van der Waals surface area contributed by atoms with Crippen molar-refractivity contribution in [2.45, 2.75) is 58.6 Å². The van der Waals surface area contributed by atoms with Gasteiger partial charge in [-0.05, 0) is 69.4 Å². The minimum absolute atomic E-state index is 0.00393. The van der Waals surface area contributed by atoms with Crippen LogP contribution in [-0.4, -0.2) is 53.5 Å². The molecule has 4 atom stereocenters. The van der Waals surface area contributed by atoms with Gasteiger partial charge in [-0.25, -0.2) is 0 Å². The maximum absolute atomic E-state index is 13.1. The molecule has 1 aliphatic heterocycles. The predicted molar refractivity (Wildman–Crippen MR) is 106 cm³/mol. The molecule has 0 spiro atoms. The summed E-state index contributed by atoms with van der Waals surface area (Å²) in [5.41, 5.74) is 2.42. The zero-order valence-corrected chi connectivity index (χ0v) is 17.1. The van der Waals surface area contributed by atoms with Crippen LogP contribution in [0.25, 0.3) is 0 Å². The summed E-state index contributed by atoms with van der Waals surface area (Å²) in [6.07, 6.45) is 4.38. The molecule has 2 aliphatic carbocycles. The number of amides is 2. The normalized spacial score (nSPS) is 29.5. The van der Waals surface area contributed by atoms with Crippen LogP contribution in [0.5, 0.6) is 0 Å². The van der Waals surface area contributed by atoms with Gasteiger partial charge in [0.1, 0.15) is 0 Å². The van der Waals surface area contributed by atoms with Crippen LogP contribution in [0.15, 0.2) is 12.1 Å². The van der Waals surface area contributed by atoms with Crippen LogP contribution in [0.1, 0.15) is 54.4 Å². The third-order valence-corrected chi connectivity index (χ3v) is 6.49. The summed E-state index contributed by atoms with van der Waals surface area (Å²) in [4.78, 5) is 31.2. The number of nitrogens with one attached hydrogen (secondary N) is 1. The Morgan fingerprint density at radius 2 is 1.89 bits per heavy atom. The average molecular weight is 386 g/mol. The first kappa shape index (κ1) is 19.4. The predicted octanol–water partition coefficient (Wildman–Crippen LogP) is 2.48. The highest BCUT2D eigenvalue weighted by molar-refractivity contribution is 5.95. The Kier molecular flexibility index (Phi) is 5.41. The fourth-order valence-electron chi connectivity index (χ4n) is 4.80. The highest BCUT2D eigenvalue weighted by Gasteiger charge is 2.44. The van der Waals surface area contributed by atoms with Gasteiger partial charge in [0.25, 0.3) is 5.91 Å². The fourth-order valence-corrected chi connectivity index (χ4v) is 4.80. The first-order valence-electron chi connectivity index (χ1n) is 10.5. The van der Waals surface area contributed by atoms with E-state index in [1.54, 1.807) is 6.92 Å². The number of aryl methyl sites for hydroxylation is 2. The number of rotatable bonds is 5. The maximum atomic E-state index is 13.1. The molecule has 1 aromatic rings. The summed E-state index contributed by atoms with van der Waals surface area (Å²) in [6, 6.07) is 3.84. The molecule has 2 amide bonds. The van der Waals surface area contributed by atoms with Crippen LogP contribution in [-0.2, 0) is 9.53 Å². The summed E-state index contributed by atoms with van der Waals surface area (Å²) in [6.45, 7) is 7.74. The Hall–Kier alpha value is -1.95. The number of carbonyl (C=O) groups excluding carboxylic acids is 2. The van der Waals surface area contributed by atoms with E-state index in [-0.39, 0.29) is 24.0 Å². The number of nitrogens with zero attached hydrogens (tertiary/aromatic N) is 2. The van der Waals surface area contributed by atoms with Gasteiger partial charge in [0.2, 0.25) is 5.91 Å². The van der Waals surface area contributed by atoms with Crippen molar-refractivity contribution in [3.63, 3.8) is 0 Å². The van der Waals surface area contributed by atoms with E-state index < -0.39 is 0 Å². The highest BCUT2D eigenvalue weighted by atomic mass is 16.5. The maximum Gasteiger partial charge on any atom is 0.255 e. The zero-order chi connectivity index (χ0) is 19.8.